The molecule has 2 unspecified atom stereocenters. The molecule has 186 valence electrons. The Balaban J connectivity index is 1.37. The molecular weight excluding hydrogens is 492 g/mol. The average molecular weight is 515 g/mol. The Bertz CT molecular complexity index is 1660. The molecule has 2 atom stereocenters. The topological polar surface area (TPSA) is 132 Å². The van der Waals surface area contributed by atoms with Gasteiger partial charge < -0.3 is 19.9 Å². The molecular formula is C26H22N6O4S. The lowest BCUT2D eigenvalue weighted by atomic mass is 9.93. The lowest BCUT2D eigenvalue weighted by molar-refractivity contribution is -0.122. The molecule has 3 aromatic heterocycles. The van der Waals surface area contributed by atoms with E-state index in [0.29, 0.717) is 59.7 Å². The molecule has 7 rings (SSSR count). The number of imide groups is 1. The first-order valence-corrected chi connectivity index (χ1v) is 13.0. The maximum absolute atomic E-state index is 13.2. The minimum Gasteiger partial charge on any atom is -0.465 e. The van der Waals surface area contributed by atoms with Crippen molar-refractivity contribution in [3.05, 3.63) is 53.2 Å². The normalized spacial score (nSPS) is 21.8. The highest BCUT2D eigenvalue weighted by Gasteiger charge is 2.42. The predicted octanol–water partition coefficient (Wildman–Crippen LogP) is 3.32. The second-order valence-corrected chi connectivity index (χ2v) is 10.5. The number of para-hydroxylation sites is 1. The van der Waals surface area contributed by atoms with E-state index in [0.717, 1.165) is 16.6 Å². The molecule has 3 amide bonds. The second kappa shape index (κ2) is 8.13. The minimum absolute atomic E-state index is 0.00262. The molecule has 11 heteroatoms. The molecule has 3 aliphatic heterocycles. The number of fused-ring (bicyclic) bond motifs is 3. The number of anilines is 1. The smallest absolute Gasteiger partial charge is 0.407 e. The average Bonchev–Trinajstić information content (AvgIpc) is 3.66. The number of nitrogens with zero attached hydrogens (tertiary/aromatic N) is 4. The largest absolute Gasteiger partial charge is 0.465 e. The number of carbonyl (C=O) groups excluding carboxylic acids is 2. The molecule has 10 nitrogen and oxygen atoms in total. The number of hydrogen-bond acceptors (Lipinski definition) is 7. The zero-order chi connectivity index (χ0) is 25.3. The molecule has 0 spiro atoms. The quantitative estimate of drug-likeness (QED) is 0.358. The van der Waals surface area contributed by atoms with Crippen molar-refractivity contribution < 1.29 is 19.5 Å². The van der Waals surface area contributed by atoms with E-state index >= 15 is 0 Å². The Morgan fingerprint density at radius 3 is 2.73 bits per heavy atom. The Morgan fingerprint density at radius 2 is 1.86 bits per heavy atom. The summed E-state index contributed by atoms with van der Waals surface area (Å²) in [5.41, 5.74) is 2.31. The third kappa shape index (κ3) is 3.34. The maximum atomic E-state index is 13.2. The molecule has 4 aromatic rings. The molecule has 0 bridgehead atoms. The third-order valence-corrected chi connectivity index (χ3v) is 8.54. The molecule has 0 saturated carbocycles. The lowest BCUT2D eigenvalue weighted by Gasteiger charge is -2.37. The zero-order valence-electron chi connectivity index (χ0n) is 19.6. The van der Waals surface area contributed by atoms with Crippen LogP contribution in [0.5, 0.6) is 0 Å². The fourth-order valence-corrected chi connectivity index (χ4v) is 6.77. The van der Waals surface area contributed by atoms with Crippen molar-refractivity contribution in [2.24, 2.45) is 5.92 Å². The zero-order valence-corrected chi connectivity index (χ0v) is 20.4. The van der Waals surface area contributed by atoms with E-state index in [-0.39, 0.29) is 17.5 Å². The van der Waals surface area contributed by atoms with E-state index in [1.807, 2.05) is 35.7 Å². The second-order valence-electron chi connectivity index (χ2n) is 9.62. The predicted molar refractivity (Wildman–Crippen MR) is 139 cm³/mol. The van der Waals surface area contributed by atoms with Crippen LogP contribution in [0, 0.1) is 5.92 Å². The number of benzene rings is 1. The van der Waals surface area contributed by atoms with E-state index < -0.39 is 17.9 Å². The minimum atomic E-state index is -0.869. The van der Waals surface area contributed by atoms with Gasteiger partial charge in [-0.25, -0.2) is 14.8 Å². The van der Waals surface area contributed by atoms with Gasteiger partial charge in [-0.15, -0.1) is 11.3 Å². The van der Waals surface area contributed by atoms with Crippen LogP contribution in [0.2, 0.25) is 0 Å². The summed E-state index contributed by atoms with van der Waals surface area (Å²) in [5, 5.41) is 15.5. The molecule has 0 radical (unpaired) electrons. The molecule has 3 aliphatic rings. The van der Waals surface area contributed by atoms with Crippen LogP contribution in [0.3, 0.4) is 0 Å². The SMILES string of the molecule is O=C1NC(=O)C(c2c[nH]c3sccc23)=C1c1nc(N2CCC3C(CCN3C(=O)O)C2)nc2ccccc12. The Kier molecular flexibility index (Phi) is 4.83. The van der Waals surface area contributed by atoms with Gasteiger partial charge in [-0.1, -0.05) is 18.2 Å². The van der Waals surface area contributed by atoms with E-state index in [4.69, 9.17) is 9.97 Å². The maximum Gasteiger partial charge on any atom is 0.407 e. The molecule has 2 fully saturated rings. The fraction of sp³-hybridized carbons (Fsp3) is 0.269. The first-order chi connectivity index (χ1) is 18.0. The van der Waals surface area contributed by atoms with Gasteiger partial charge in [0.15, 0.2) is 0 Å². The summed E-state index contributed by atoms with van der Waals surface area (Å²) in [7, 11) is 0. The van der Waals surface area contributed by atoms with E-state index in [2.05, 4.69) is 15.2 Å². The van der Waals surface area contributed by atoms with Gasteiger partial charge in [-0.05, 0) is 36.3 Å². The lowest BCUT2D eigenvalue weighted by Crippen LogP contribution is -2.47. The number of amides is 3. The van der Waals surface area contributed by atoms with Crippen molar-refractivity contribution in [2.45, 2.75) is 18.9 Å². The Labute approximate surface area is 214 Å². The van der Waals surface area contributed by atoms with Crippen molar-refractivity contribution in [2.75, 3.05) is 24.5 Å². The highest BCUT2D eigenvalue weighted by Crippen LogP contribution is 2.39. The van der Waals surface area contributed by atoms with Crippen LogP contribution in [-0.2, 0) is 9.59 Å². The van der Waals surface area contributed by atoms with Gasteiger partial charge in [0.05, 0.1) is 22.4 Å². The fourth-order valence-electron chi connectivity index (χ4n) is 5.99. The van der Waals surface area contributed by atoms with Crippen LogP contribution in [0.15, 0.2) is 41.9 Å². The van der Waals surface area contributed by atoms with E-state index in [9.17, 15) is 19.5 Å². The molecule has 0 aliphatic carbocycles. The number of H-pyrrole nitrogens is 1. The number of nitrogens with one attached hydrogen (secondary N) is 2. The van der Waals surface area contributed by atoms with Crippen LogP contribution in [0.4, 0.5) is 10.7 Å². The van der Waals surface area contributed by atoms with Crippen LogP contribution < -0.4 is 10.2 Å². The van der Waals surface area contributed by atoms with Crippen LogP contribution >= 0.6 is 11.3 Å². The van der Waals surface area contributed by atoms with E-state index in [1.54, 1.807) is 11.1 Å². The number of likely N-dealkylation sites (tertiary alicyclic amines) is 1. The molecule has 3 N–H and O–H groups in total. The summed E-state index contributed by atoms with van der Waals surface area (Å²) in [4.78, 5) is 55.3. The molecule has 1 aromatic carbocycles. The van der Waals surface area contributed by atoms with E-state index in [1.165, 1.54) is 11.3 Å². The first-order valence-electron chi connectivity index (χ1n) is 12.2. The number of thiophene rings is 1. The standard InChI is InChI=1S/C26H22N6O4S/c33-22-19(16-11-27-24-14(16)7-10-37-24)20(23(34)30-22)21-15-3-1-2-4-17(15)28-25(29-21)31-8-6-18-13(12-31)5-9-32(18)26(35)36/h1-4,7,10-11,13,18,27H,5-6,8-9,12H2,(H,35,36)(H,30,33,34). The summed E-state index contributed by atoms with van der Waals surface area (Å²) in [5.74, 6) is -0.251. The number of piperidine rings is 1. The molecule has 37 heavy (non-hydrogen) atoms. The first kappa shape index (κ1) is 22.0. The summed E-state index contributed by atoms with van der Waals surface area (Å²) in [6, 6.07) is 9.42. The number of aromatic nitrogens is 3. The number of hydrogen-bond donors (Lipinski definition) is 3. The summed E-state index contributed by atoms with van der Waals surface area (Å²) in [6.45, 7) is 1.78. The van der Waals surface area contributed by atoms with Crippen molar-refractivity contribution in [1.29, 1.82) is 0 Å². The Morgan fingerprint density at radius 1 is 1.03 bits per heavy atom. The molecule has 2 saturated heterocycles. The van der Waals surface area contributed by atoms with Gasteiger partial charge in [0.25, 0.3) is 11.8 Å². The van der Waals surface area contributed by atoms with Gasteiger partial charge in [0.1, 0.15) is 4.83 Å². The summed E-state index contributed by atoms with van der Waals surface area (Å²) in [6.07, 6.45) is 2.38. The number of aromatic amines is 1. The van der Waals surface area contributed by atoms with Gasteiger partial charge in [0.2, 0.25) is 5.95 Å². The third-order valence-electron chi connectivity index (χ3n) is 7.70. The summed E-state index contributed by atoms with van der Waals surface area (Å²) >= 11 is 1.53. The Hall–Kier alpha value is -4.25. The van der Waals surface area contributed by atoms with Crippen LogP contribution in [-0.4, -0.2) is 68.5 Å². The van der Waals surface area contributed by atoms with Crippen LogP contribution in [0.25, 0.3) is 32.3 Å². The number of carboxylic acid groups (broad SMARTS) is 1. The van der Waals surface area contributed by atoms with Gasteiger partial charge in [-0.3, -0.25) is 14.9 Å². The highest BCUT2D eigenvalue weighted by atomic mass is 32.1. The van der Waals surface area contributed by atoms with Crippen LogP contribution in [0.1, 0.15) is 24.1 Å². The molecule has 6 heterocycles. The van der Waals surface area contributed by atoms with Crippen molar-refractivity contribution in [1.82, 2.24) is 25.2 Å². The van der Waals surface area contributed by atoms with Crippen molar-refractivity contribution in [3.63, 3.8) is 0 Å². The van der Waals surface area contributed by atoms with Crippen molar-refractivity contribution >= 4 is 67.5 Å². The van der Waals surface area contributed by atoms with Gasteiger partial charge >= 0.3 is 6.09 Å². The number of carbonyl (C=O) groups is 3. The summed E-state index contributed by atoms with van der Waals surface area (Å²) < 4.78 is 0. The monoisotopic (exact) mass is 514 g/mol. The van der Waals surface area contributed by atoms with Gasteiger partial charge in [-0.2, -0.15) is 0 Å². The van der Waals surface area contributed by atoms with Crippen molar-refractivity contribution in [3.8, 4) is 0 Å². The van der Waals surface area contributed by atoms with Gasteiger partial charge in [0, 0.05) is 48.2 Å². The highest BCUT2D eigenvalue weighted by molar-refractivity contribution is 7.16. The number of rotatable bonds is 3.